The largest absolute Gasteiger partial charge is 0.487 e. The molecule has 0 saturated carbocycles. The number of nitrogens with zero attached hydrogens (tertiary/aromatic N) is 2. The summed E-state index contributed by atoms with van der Waals surface area (Å²) in [6, 6.07) is 2.47. The Balaban J connectivity index is 1.89. The second kappa shape index (κ2) is 4.18. The Hall–Kier alpha value is -1.29. The Morgan fingerprint density at radius 3 is 3.29 bits per heavy atom. The highest BCUT2D eigenvalue weighted by atomic mass is 16.5. The third-order valence-electron chi connectivity index (χ3n) is 3.68. The van der Waals surface area contributed by atoms with E-state index in [-0.39, 0.29) is 0 Å². The van der Waals surface area contributed by atoms with Gasteiger partial charge < -0.3 is 14.4 Å². The highest BCUT2D eigenvalue weighted by molar-refractivity contribution is 5.59. The lowest BCUT2D eigenvalue weighted by Crippen LogP contribution is -2.39. The Labute approximate surface area is 102 Å². The molecule has 1 saturated heterocycles. The monoisotopic (exact) mass is 234 g/mol. The molecule has 0 radical (unpaired) electrons. The number of fused-ring (bicyclic) bond motifs is 3. The van der Waals surface area contributed by atoms with Gasteiger partial charge in [-0.25, -0.2) is 4.98 Å². The number of methoxy groups -OCH3 is 1. The fourth-order valence-corrected chi connectivity index (χ4v) is 2.88. The zero-order chi connectivity index (χ0) is 11.8. The molecule has 17 heavy (non-hydrogen) atoms. The summed E-state index contributed by atoms with van der Waals surface area (Å²) in [5, 5.41) is 0. The van der Waals surface area contributed by atoms with Crippen LogP contribution in [0, 0.1) is 12.8 Å². The summed E-state index contributed by atoms with van der Waals surface area (Å²) in [5.74, 6) is 2.57. The molecule has 0 aliphatic carbocycles. The highest BCUT2D eigenvalue weighted by Crippen LogP contribution is 2.39. The second-order valence-corrected chi connectivity index (χ2v) is 4.95. The molecule has 1 unspecified atom stereocenters. The van der Waals surface area contributed by atoms with Gasteiger partial charge >= 0.3 is 0 Å². The van der Waals surface area contributed by atoms with Crippen molar-refractivity contribution in [2.24, 2.45) is 5.92 Å². The van der Waals surface area contributed by atoms with Gasteiger partial charge in [0, 0.05) is 25.8 Å². The maximum atomic E-state index is 5.85. The summed E-state index contributed by atoms with van der Waals surface area (Å²) < 4.78 is 11.1. The van der Waals surface area contributed by atoms with Crippen molar-refractivity contribution < 1.29 is 9.47 Å². The van der Waals surface area contributed by atoms with Crippen molar-refractivity contribution in [3.05, 3.63) is 17.8 Å². The van der Waals surface area contributed by atoms with E-state index in [1.54, 1.807) is 7.11 Å². The van der Waals surface area contributed by atoms with Gasteiger partial charge in [-0.05, 0) is 25.0 Å². The first-order chi connectivity index (χ1) is 8.29. The molecule has 1 aromatic rings. The normalized spacial score (nSPS) is 26.4. The first-order valence-corrected chi connectivity index (χ1v) is 6.13. The minimum absolute atomic E-state index is 0.469. The molecule has 0 amide bonds. The van der Waals surface area contributed by atoms with Gasteiger partial charge in [0.2, 0.25) is 0 Å². The van der Waals surface area contributed by atoms with Crippen molar-refractivity contribution in [2.75, 3.05) is 31.8 Å². The van der Waals surface area contributed by atoms with Gasteiger partial charge in [0.25, 0.3) is 0 Å². The van der Waals surface area contributed by atoms with E-state index in [0.717, 1.165) is 37.7 Å². The molecule has 4 nitrogen and oxygen atoms in total. The van der Waals surface area contributed by atoms with E-state index in [2.05, 4.69) is 16.8 Å². The summed E-state index contributed by atoms with van der Waals surface area (Å²) >= 11 is 0. The molecule has 2 atom stereocenters. The molecule has 2 aliphatic rings. The van der Waals surface area contributed by atoms with E-state index in [1.807, 2.05) is 12.3 Å². The van der Waals surface area contributed by atoms with Crippen LogP contribution in [0.5, 0.6) is 5.75 Å². The van der Waals surface area contributed by atoms with Crippen LogP contribution in [0.4, 0.5) is 5.82 Å². The zero-order valence-corrected chi connectivity index (χ0v) is 10.3. The van der Waals surface area contributed by atoms with Crippen LogP contribution in [0.2, 0.25) is 0 Å². The molecule has 0 bridgehead atoms. The molecule has 3 heterocycles. The SMILES string of the molecule is COCC1C[C@H]2COc3c(C)ccnc3N2C1. The van der Waals surface area contributed by atoms with Crippen molar-refractivity contribution >= 4 is 5.82 Å². The minimum Gasteiger partial charge on any atom is -0.487 e. The van der Waals surface area contributed by atoms with Crippen LogP contribution in [-0.2, 0) is 4.74 Å². The number of aromatic nitrogens is 1. The smallest absolute Gasteiger partial charge is 0.172 e. The van der Waals surface area contributed by atoms with E-state index >= 15 is 0 Å². The number of pyridine rings is 1. The molecular weight excluding hydrogens is 216 g/mol. The maximum Gasteiger partial charge on any atom is 0.172 e. The average molecular weight is 234 g/mol. The molecular formula is C13H18N2O2. The first-order valence-electron chi connectivity index (χ1n) is 6.13. The van der Waals surface area contributed by atoms with Crippen LogP contribution in [0.25, 0.3) is 0 Å². The third kappa shape index (κ3) is 1.76. The van der Waals surface area contributed by atoms with Gasteiger partial charge in [-0.1, -0.05) is 0 Å². The average Bonchev–Trinajstić information content (AvgIpc) is 2.73. The standard InChI is InChI=1S/C13H18N2O2/c1-9-3-4-14-13-12(9)17-8-11-5-10(7-16-2)6-15(11)13/h3-4,10-11H,5-8H2,1-2H3/t10?,11-/m0/s1. The molecule has 92 valence electrons. The van der Waals surface area contributed by atoms with Crippen molar-refractivity contribution in [3.8, 4) is 5.75 Å². The quantitative estimate of drug-likeness (QED) is 0.779. The van der Waals surface area contributed by atoms with Gasteiger partial charge in [-0.3, -0.25) is 0 Å². The van der Waals surface area contributed by atoms with Gasteiger partial charge in [0.05, 0.1) is 12.6 Å². The number of ether oxygens (including phenoxy) is 2. The lowest BCUT2D eigenvalue weighted by molar-refractivity contribution is 0.157. The van der Waals surface area contributed by atoms with E-state index < -0.39 is 0 Å². The summed E-state index contributed by atoms with van der Waals surface area (Å²) in [5.41, 5.74) is 1.17. The van der Waals surface area contributed by atoms with Crippen LogP contribution < -0.4 is 9.64 Å². The Morgan fingerprint density at radius 2 is 2.47 bits per heavy atom. The molecule has 1 fully saturated rings. The predicted octanol–water partition coefficient (Wildman–Crippen LogP) is 1.62. The number of hydrogen-bond acceptors (Lipinski definition) is 4. The van der Waals surface area contributed by atoms with Gasteiger partial charge in [-0.15, -0.1) is 0 Å². The molecule has 4 heteroatoms. The van der Waals surface area contributed by atoms with Gasteiger partial charge in [-0.2, -0.15) is 0 Å². The molecule has 3 rings (SSSR count). The van der Waals surface area contributed by atoms with Crippen molar-refractivity contribution in [1.29, 1.82) is 0 Å². The summed E-state index contributed by atoms with van der Waals surface area (Å²) in [6.45, 7) is 4.71. The predicted molar refractivity (Wildman–Crippen MR) is 65.6 cm³/mol. The summed E-state index contributed by atoms with van der Waals surface area (Å²) in [7, 11) is 1.77. The Bertz CT molecular complexity index is 422. The fourth-order valence-electron chi connectivity index (χ4n) is 2.88. The van der Waals surface area contributed by atoms with E-state index in [0.29, 0.717) is 12.0 Å². The topological polar surface area (TPSA) is 34.6 Å². The molecule has 0 N–H and O–H groups in total. The lowest BCUT2D eigenvalue weighted by Gasteiger charge is -2.32. The Kier molecular flexibility index (Phi) is 2.67. The Morgan fingerprint density at radius 1 is 1.59 bits per heavy atom. The van der Waals surface area contributed by atoms with Gasteiger partial charge in [0.1, 0.15) is 6.61 Å². The zero-order valence-electron chi connectivity index (χ0n) is 10.3. The molecule has 0 aromatic carbocycles. The molecule has 1 aromatic heterocycles. The van der Waals surface area contributed by atoms with Crippen LogP contribution in [-0.4, -0.2) is 37.9 Å². The summed E-state index contributed by atoms with van der Waals surface area (Å²) in [6.07, 6.45) is 3.01. The van der Waals surface area contributed by atoms with E-state index in [9.17, 15) is 0 Å². The number of rotatable bonds is 2. The first kappa shape index (κ1) is 10.8. The van der Waals surface area contributed by atoms with Crippen molar-refractivity contribution in [2.45, 2.75) is 19.4 Å². The number of anilines is 1. The van der Waals surface area contributed by atoms with Crippen LogP contribution >= 0.6 is 0 Å². The van der Waals surface area contributed by atoms with E-state index in [1.165, 1.54) is 5.56 Å². The van der Waals surface area contributed by atoms with Crippen molar-refractivity contribution in [3.63, 3.8) is 0 Å². The fraction of sp³-hybridized carbons (Fsp3) is 0.615. The van der Waals surface area contributed by atoms with Crippen molar-refractivity contribution in [1.82, 2.24) is 4.98 Å². The maximum absolute atomic E-state index is 5.85. The molecule has 0 spiro atoms. The summed E-state index contributed by atoms with van der Waals surface area (Å²) in [4.78, 5) is 6.86. The number of hydrogen-bond donors (Lipinski definition) is 0. The van der Waals surface area contributed by atoms with Crippen LogP contribution in [0.15, 0.2) is 12.3 Å². The van der Waals surface area contributed by atoms with Gasteiger partial charge in [0.15, 0.2) is 11.6 Å². The minimum atomic E-state index is 0.469. The van der Waals surface area contributed by atoms with E-state index in [4.69, 9.17) is 9.47 Å². The molecule has 2 aliphatic heterocycles. The van der Waals surface area contributed by atoms with Crippen LogP contribution in [0.3, 0.4) is 0 Å². The second-order valence-electron chi connectivity index (χ2n) is 4.95. The third-order valence-corrected chi connectivity index (χ3v) is 3.68. The lowest BCUT2D eigenvalue weighted by atomic mass is 10.1. The van der Waals surface area contributed by atoms with Crippen LogP contribution in [0.1, 0.15) is 12.0 Å². The number of aryl methyl sites for hydroxylation is 1. The highest BCUT2D eigenvalue weighted by Gasteiger charge is 2.38.